The second kappa shape index (κ2) is 9.42. The van der Waals surface area contributed by atoms with Crippen molar-refractivity contribution in [2.24, 2.45) is 0 Å². The molecule has 3 aliphatic rings. The van der Waals surface area contributed by atoms with Crippen LogP contribution in [0.3, 0.4) is 0 Å². The molecule has 3 fully saturated rings. The van der Waals surface area contributed by atoms with Crippen LogP contribution in [0, 0.1) is 0 Å². The van der Waals surface area contributed by atoms with Gasteiger partial charge in [0.05, 0.1) is 23.2 Å². The van der Waals surface area contributed by atoms with Gasteiger partial charge in [-0.05, 0) is 63.3 Å². The van der Waals surface area contributed by atoms with Crippen LogP contribution in [0.1, 0.15) is 56.7 Å². The predicted octanol–water partition coefficient (Wildman–Crippen LogP) is 5.45. The van der Waals surface area contributed by atoms with E-state index in [1.165, 1.54) is 6.07 Å². The number of hydrogen-bond donors (Lipinski definition) is 1. The molecule has 2 aromatic rings. The van der Waals surface area contributed by atoms with E-state index in [2.05, 4.69) is 5.32 Å². The van der Waals surface area contributed by atoms with E-state index in [-0.39, 0.29) is 25.7 Å². The fourth-order valence-corrected chi connectivity index (χ4v) is 5.13. The number of hydrogen-bond acceptors (Lipinski definition) is 4. The van der Waals surface area contributed by atoms with E-state index in [0.29, 0.717) is 24.8 Å². The van der Waals surface area contributed by atoms with Gasteiger partial charge in [0.2, 0.25) is 5.91 Å². The smallest absolute Gasteiger partial charge is 0.416 e. The second-order valence-corrected chi connectivity index (χ2v) is 10.8. The summed E-state index contributed by atoms with van der Waals surface area (Å²) in [6, 6.07) is 14.4. The minimum Gasteiger partial charge on any atom is -0.444 e. The molecule has 0 aromatic heterocycles. The Morgan fingerprint density at radius 2 is 1.61 bits per heavy atom. The molecule has 2 aromatic carbocycles. The maximum Gasteiger partial charge on any atom is 0.416 e. The fourth-order valence-electron chi connectivity index (χ4n) is 5.13. The van der Waals surface area contributed by atoms with Gasteiger partial charge in [-0.15, -0.1) is 0 Å². The normalized spacial score (nSPS) is 22.7. The van der Waals surface area contributed by atoms with Crippen LogP contribution in [0.4, 0.5) is 18.0 Å². The molecule has 36 heavy (non-hydrogen) atoms. The molecule has 0 unspecified atom stereocenters. The van der Waals surface area contributed by atoms with E-state index in [1.54, 1.807) is 31.7 Å². The molecule has 0 atom stereocenters. The van der Waals surface area contributed by atoms with E-state index in [4.69, 9.17) is 9.47 Å². The molecule has 5 rings (SSSR count). The summed E-state index contributed by atoms with van der Waals surface area (Å²) in [5, 5.41) is 2.91. The number of ether oxygens (including phenoxy) is 2. The van der Waals surface area contributed by atoms with Crippen molar-refractivity contribution in [3.8, 4) is 0 Å². The quantitative estimate of drug-likeness (QED) is 0.519. The van der Waals surface area contributed by atoms with Crippen molar-refractivity contribution < 1.29 is 32.2 Å². The van der Waals surface area contributed by atoms with Crippen LogP contribution in [0.25, 0.3) is 0 Å². The molecule has 194 valence electrons. The summed E-state index contributed by atoms with van der Waals surface area (Å²) in [7, 11) is 0. The van der Waals surface area contributed by atoms with E-state index < -0.39 is 34.5 Å². The predicted molar refractivity (Wildman–Crippen MR) is 127 cm³/mol. The van der Waals surface area contributed by atoms with Gasteiger partial charge in [-0.1, -0.05) is 42.5 Å². The largest absolute Gasteiger partial charge is 0.444 e. The SMILES string of the molecule is CC(C)(C)OC(=O)NC12CC(N(Cc3cccc(C(F)(F)F)c3)C(=O)COCc3ccccc3)(C1)C2. The average molecular weight is 505 g/mol. The standard InChI is InChI=1S/C27H31F3N2O4/c1-24(2,3)36-23(34)31-25-16-26(17-25,18-25)32(13-20-10-7-11-21(12-20)27(28,29)30)22(33)15-35-14-19-8-5-4-6-9-19/h4-12H,13-18H2,1-3H3,(H,31,34). The van der Waals surface area contributed by atoms with Crippen molar-refractivity contribution in [3.05, 3.63) is 71.3 Å². The number of nitrogens with zero attached hydrogens (tertiary/aromatic N) is 1. The molecule has 0 radical (unpaired) electrons. The number of halogens is 3. The van der Waals surface area contributed by atoms with Crippen LogP contribution in [0.2, 0.25) is 0 Å². The van der Waals surface area contributed by atoms with Gasteiger partial charge < -0.3 is 19.7 Å². The molecule has 3 saturated carbocycles. The second-order valence-electron chi connectivity index (χ2n) is 10.8. The number of alkyl halides is 3. The van der Waals surface area contributed by atoms with Gasteiger partial charge in [0.25, 0.3) is 0 Å². The first-order valence-electron chi connectivity index (χ1n) is 11.9. The van der Waals surface area contributed by atoms with E-state index in [1.807, 2.05) is 30.3 Å². The van der Waals surface area contributed by atoms with Crippen molar-refractivity contribution in [3.63, 3.8) is 0 Å². The Kier molecular flexibility index (Phi) is 6.81. The Morgan fingerprint density at radius 1 is 0.972 bits per heavy atom. The molecule has 3 aliphatic carbocycles. The minimum absolute atomic E-state index is 0.0277. The Balaban J connectivity index is 1.45. The van der Waals surface area contributed by atoms with Gasteiger partial charge in [0.15, 0.2) is 0 Å². The highest BCUT2D eigenvalue weighted by Gasteiger charge is 2.72. The van der Waals surface area contributed by atoms with Gasteiger partial charge in [0, 0.05) is 6.54 Å². The topological polar surface area (TPSA) is 67.9 Å². The minimum atomic E-state index is -4.47. The molecule has 1 N–H and O–H groups in total. The molecule has 0 heterocycles. The lowest BCUT2D eigenvalue weighted by Crippen LogP contribution is -2.84. The van der Waals surface area contributed by atoms with Crippen LogP contribution < -0.4 is 5.32 Å². The number of rotatable bonds is 8. The summed E-state index contributed by atoms with van der Waals surface area (Å²) in [6.45, 7) is 5.42. The molecule has 0 aliphatic heterocycles. The van der Waals surface area contributed by atoms with Gasteiger partial charge in [0.1, 0.15) is 12.2 Å². The first-order chi connectivity index (χ1) is 16.8. The van der Waals surface area contributed by atoms with Gasteiger partial charge in [-0.3, -0.25) is 4.79 Å². The van der Waals surface area contributed by atoms with Gasteiger partial charge in [-0.25, -0.2) is 4.79 Å². The zero-order valence-corrected chi connectivity index (χ0v) is 20.7. The number of alkyl carbamates (subject to hydrolysis) is 1. The summed E-state index contributed by atoms with van der Waals surface area (Å²) in [4.78, 5) is 27.1. The van der Waals surface area contributed by atoms with Crippen molar-refractivity contribution >= 4 is 12.0 Å². The van der Waals surface area contributed by atoms with Crippen molar-refractivity contribution in [2.75, 3.05) is 6.61 Å². The Bertz CT molecular complexity index is 1090. The van der Waals surface area contributed by atoms with E-state index in [0.717, 1.165) is 17.7 Å². The lowest BCUT2D eigenvalue weighted by atomic mass is 9.43. The van der Waals surface area contributed by atoms with Crippen LogP contribution in [0.15, 0.2) is 54.6 Å². The summed E-state index contributed by atoms with van der Waals surface area (Å²) < 4.78 is 50.7. The van der Waals surface area contributed by atoms with Crippen molar-refractivity contribution in [1.29, 1.82) is 0 Å². The number of carbonyl (C=O) groups is 2. The number of nitrogens with one attached hydrogen (secondary N) is 1. The lowest BCUT2D eigenvalue weighted by molar-refractivity contribution is -0.194. The molecular weight excluding hydrogens is 473 g/mol. The summed E-state index contributed by atoms with van der Waals surface area (Å²) in [5.74, 6) is -0.297. The van der Waals surface area contributed by atoms with Crippen LogP contribution in [0.5, 0.6) is 0 Å². The highest BCUT2D eigenvalue weighted by atomic mass is 19.4. The van der Waals surface area contributed by atoms with E-state index in [9.17, 15) is 22.8 Å². The molecule has 9 heteroatoms. The third-order valence-electron chi connectivity index (χ3n) is 6.57. The van der Waals surface area contributed by atoms with Crippen molar-refractivity contribution in [2.45, 2.75) is 76.0 Å². The number of carbonyl (C=O) groups excluding carboxylic acids is 2. The first-order valence-corrected chi connectivity index (χ1v) is 11.9. The maximum atomic E-state index is 13.3. The van der Waals surface area contributed by atoms with Crippen LogP contribution in [-0.4, -0.2) is 40.2 Å². The molecule has 2 amide bonds. The highest BCUT2D eigenvalue weighted by Crippen LogP contribution is 2.64. The monoisotopic (exact) mass is 504 g/mol. The molecule has 0 saturated heterocycles. The lowest BCUT2D eigenvalue weighted by Gasteiger charge is -2.73. The van der Waals surface area contributed by atoms with Crippen LogP contribution in [-0.2, 0) is 33.6 Å². The number of benzene rings is 2. The van der Waals surface area contributed by atoms with Crippen LogP contribution >= 0.6 is 0 Å². The zero-order valence-electron chi connectivity index (χ0n) is 20.7. The molecule has 6 nitrogen and oxygen atoms in total. The molecular formula is C27H31F3N2O4. The average Bonchev–Trinajstić information content (AvgIpc) is 2.73. The third kappa shape index (κ3) is 5.83. The fraction of sp³-hybridized carbons (Fsp3) is 0.481. The Labute approximate surface area is 208 Å². The Morgan fingerprint density at radius 3 is 2.22 bits per heavy atom. The van der Waals surface area contributed by atoms with E-state index >= 15 is 0 Å². The van der Waals surface area contributed by atoms with Crippen molar-refractivity contribution in [1.82, 2.24) is 10.2 Å². The van der Waals surface area contributed by atoms with Gasteiger partial charge in [-0.2, -0.15) is 13.2 Å². The zero-order chi connectivity index (χ0) is 26.2. The molecule has 2 bridgehead atoms. The highest BCUT2D eigenvalue weighted by molar-refractivity contribution is 5.80. The number of amides is 2. The molecule has 0 spiro atoms. The summed E-state index contributed by atoms with van der Waals surface area (Å²) in [6.07, 6.45) is -3.44. The maximum absolute atomic E-state index is 13.3. The first kappa shape index (κ1) is 26.0. The summed E-state index contributed by atoms with van der Waals surface area (Å²) >= 11 is 0. The summed E-state index contributed by atoms with van der Waals surface area (Å²) in [5.41, 5.74) is -1.07. The third-order valence-corrected chi connectivity index (χ3v) is 6.57. The Hall–Kier alpha value is -3.07. The van der Waals surface area contributed by atoms with Gasteiger partial charge >= 0.3 is 12.3 Å².